The number of halogens is 3. The highest BCUT2D eigenvalue weighted by atomic mass is 32.2. The fraction of sp³-hybridized carbons (Fsp3) is 0.158. The molecule has 0 aliphatic rings. The van der Waals surface area contributed by atoms with Gasteiger partial charge in [0, 0.05) is 35.3 Å². The molecule has 1 atom stereocenters. The molecular weight excluding hydrogens is 686 g/mol. The molecule has 0 radical (unpaired) electrons. The molecule has 0 saturated carbocycles. The van der Waals surface area contributed by atoms with Gasteiger partial charge >= 0.3 is 5.51 Å². The number of rotatable bonds is 9. The van der Waals surface area contributed by atoms with Crippen molar-refractivity contribution >= 4 is 44.2 Å². The van der Waals surface area contributed by atoms with E-state index in [1.807, 2.05) is 0 Å². The van der Waals surface area contributed by atoms with Gasteiger partial charge in [-0.1, -0.05) is 72.8 Å². The number of nitrogens with zero attached hydrogens (tertiary/aromatic N) is 1. The maximum absolute atomic E-state index is 10.7. The molecule has 7 nitrogen and oxygen atoms in total. The lowest BCUT2D eigenvalue weighted by Crippen LogP contribution is -2.35. The largest absolute Gasteiger partial charge is 0.741 e. The SMILES string of the molecule is COc1cc(C(c2cn(C)c3ccccc23)[P+](c2ccccc2)(c2ccccc2)c2ccccc2)cc(OC)c1OC.O=S(=O)([O-])C(F)(F)F. The number of hydrogen-bond donors (Lipinski definition) is 0. The Labute approximate surface area is 290 Å². The summed E-state index contributed by atoms with van der Waals surface area (Å²) in [5, 5.41) is 5.13. The Hall–Kier alpha value is -4.83. The second kappa shape index (κ2) is 15.0. The standard InChI is InChI=1S/C37H35NO3P.CHF3O3S/c1-38-26-32(31-22-14-15-23-33(31)38)37(27-24-34(39-2)36(41-4)35(25-27)40-3)42(28-16-8-5-9-17-28,29-18-10-6-11-19-29)30-20-12-7-13-21-30;2-1(3,4)8(5,6)7/h5-26,37H,1-4H3;(H,5,6,7)/q+1;/p-1. The first kappa shape index (κ1) is 36.5. The van der Waals surface area contributed by atoms with Gasteiger partial charge in [-0.05, 0) is 54.6 Å². The van der Waals surface area contributed by atoms with E-state index < -0.39 is 22.9 Å². The molecule has 1 heterocycles. The molecule has 6 rings (SSSR count). The summed E-state index contributed by atoms with van der Waals surface area (Å²) in [5.41, 5.74) is -2.17. The van der Waals surface area contributed by atoms with Crippen molar-refractivity contribution in [2.45, 2.75) is 11.2 Å². The zero-order chi connectivity index (χ0) is 36.1. The predicted octanol–water partition coefficient (Wildman–Crippen LogP) is 7.34. The molecule has 50 heavy (non-hydrogen) atoms. The highest BCUT2D eigenvalue weighted by molar-refractivity contribution is 7.96. The van der Waals surface area contributed by atoms with Gasteiger partial charge in [0.05, 0.1) is 21.3 Å². The van der Waals surface area contributed by atoms with Crippen molar-refractivity contribution in [2.75, 3.05) is 21.3 Å². The van der Waals surface area contributed by atoms with E-state index in [1.165, 1.54) is 32.4 Å². The molecule has 0 aliphatic heterocycles. The summed E-state index contributed by atoms with van der Waals surface area (Å²) in [6.45, 7) is 0. The fourth-order valence-corrected chi connectivity index (χ4v) is 11.3. The lowest BCUT2D eigenvalue weighted by molar-refractivity contribution is -0.0517. The minimum Gasteiger partial charge on any atom is -0.741 e. The lowest BCUT2D eigenvalue weighted by atomic mass is 10.0. The van der Waals surface area contributed by atoms with Crippen LogP contribution in [-0.4, -0.2) is 44.4 Å². The van der Waals surface area contributed by atoms with Gasteiger partial charge in [0.1, 0.15) is 28.8 Å². The lowest BCUT2D eigenvalue weighted by Gasteiger charge is -2.35. The van der Waals surface area contributed by atoms with Gasteiger partial charge in [-0.3, -0.25) is 0 Å². The summed E-state index contributed by atoms with van der Waals surface area (Å²) in [5.74, 6) is 1.87. The van der Waals surface area contributed by atoms with Crippen LogP contribution in [0, 0.1) is 0 Å². The van der Waals surface area contributed by atoms with E-state index in [0.717, 1.165) is 5.56 Å². The van der Waals surface area contributed by atoms with E-state index >= 15 is 0 Å². The molecule has 0 amide bonds. The van der Waals surface area contributed by atoms with Crippen molar-refractivity contribution in [3.05, 3.63) is 145 Å². The molecule has 1 unspecified atom stereocenters. The van der Waals surface area contributed by atoms with Crippen molar-refractivity contribution in [3.8, 4) is 17.2 Å². The van der Waals surface area contributed by atoms with Crippen molar-refractivity contribution in [2.24, 2.45) is 7.05 Å². The second-order valence-corrected chi connectivity index (χ2v) is 16.1. The molecule has 0 fully saturated rings. The second-order valence-electron chi connectivity index (χ2n) is 11.2. The number of ether oxygens (including phenoxy) is 3. The van der Waals surface area contributed by atoms with E-state index in [0.29, 0.717) is 17.2 Å². The molecule has 0 aliphatic carbocycles. The number of aryl methyl sites for hydroxylation is 1. The Bertz CT molecular complexity index is 2040. The Morgan fingerprint density at radius 2 is 1.08 bits per heavy atom. The number of methoxy groups -OCH3 is 3. The first-order valence-corrected chi connectivity index (χ1v) is 18.6. The van der Waals surface area contributed by atoms with Gasteiger partial charge in [-0.15, -0.1) is 0 Å². The summed E-state index contributed by atoms with van der Waals surface area (Å²) >= 11 is 0. The Kier molecular flexibility index (Phi) is 10.9. The molecule has 0 saturated heterocycles. The van der Waals surface area contributed by atoms with E-state index in [4.69, 9.17) is 27.2 Å². The van der Waals surface area contributed by atoms with Crippen LogP contribution in [-0.2, 0) is 17.2 Å². The number of aromatic nitrogens is 1. The van der Waals surface area contributed by atoms with Gasteiger partial charge in [0.25, 0.3) is 0 Å². The van der Waals surface area contributed by atoms with Crippen molar-refractivity contribution < 1.29 is 40.4 Å². The number of hydrogen-bond acceptors (Lipinski definition) is 6. The first-order chi connectivity index (χ1) is 23.9. The maximum atomic E-state index is 10.7. The highest BCUT2D eigenvalue weighted by Crippen LogP contribution is 2.70. The van der Waals surface area contributed by atoms with Crippen LogP contribution in [0.15, 0.2) is 134 Å². The Balaban J connectivity index is 0.000000544. The summed E-state index contributed by atoms with van der Waals surface area (Å²) in [4.78, 5) is 0. The van der Waals surface area contributed by atoms with Gasteiger partial charge < -0.3 is 23.3 Å². The molecule has 260 valence electrons. The van der Waals surface area contributed by atoms with Crippen LogP contribution < -0.4 is 30.1 Å². The third-order valence-corrected chi connectivity index (χ3v) is 13.6. The first-order valence-electron chi connectivity index (χ1n) is 15.3. The summed E-state index contributed by atoms with van der Waals surface area (Å²) in [7, 11) is -1.39. The van der Waals surface area contributed by atoms with Crippen molar-refractivity contribution in [1.82, 2.24) is 4.57 Å². The summed E-state index contributed by atoms with van der Waals surface area (Å²) in [6.07, 6.45) is 2.31. The zero-order valence-corrected chi connectivity index (χ0v) is 29.4. The van der Waals surface area contributed by atoms with Crippen LogP contribution in [0.1, 0.15) is 16.8 Å². The zero-order valence-electron chi connectivity index (χ0n) is 27.7. The summed E-state index contributed by atoms with van der Waals surface area (Å²) < 4.78 is 78.8. The number of fused-ring (bicyclic) bond motifs is 1. The molecule has 0 spiro atoms. The van der Waals surface area contributed by atoms with Crippen LogP contribution in [0.3, 0.4) is 0 Å². The smallest absolute Gasteiger partial charge is 0.485 e. The molecule has 0 bridgehead atoms. The van der Waals surface area contributed by atoms with Gasteiger partial charge in [-0.25, -0.2) is 8.42 Å². The van der Waals surface area contributed by atoms with Crippen molar-refractivity contribution in [1.29, 1.82) is 0 Å². The predicted molar refractivity (Wildman–Crippen MR) is 192 cm³/mol. The number of benzene rings is 5. The average molecular weight is 722 g/mol. The minimum absolute atomic E-state index is 0.0792. The third-order valence-electron chi connectivity index (χ3n) is 8.39. The molecule has 1 aromatic heterocycles. The highest BCUT2D eigenvalue weighted by Gasteiger charge is 2.55. The average Bonchev–Trinajstić information content (AvgIpc) is 3.45. The van der Waals surface area contributed by atoms with Gasteiger partial charge in [0.15, 0.2) is 21.6 Å². The van der Waals surface area contributed by atoms with Crippen molar-refractivity contribution in [3.63, 3.8) is 0 Å². The molecule has 6 aromatic rings. The van der Waals surface area contributed by atoms with Crippen LogP contribution in [0.4, 0.5) is 13.2 Å². The van der Waals surface area contributed by atoms with Gasteiger partial charge in [-0.2, -0.15) is 13.2 Å². The van der Waals surface area contributed by atoms with Crippen LogP contribution >= 0.6 is 7.26 Å². The summed E-state index contributed by atoms with van der Waals surface area (Å²) in [6, 6.07) is 46.0. The molecular formula is C38H35F3NO6PS. The molecule has 12 heteroatoms. The quantitative estimate of drug-likeness (QED) is 0.0883. The Morgan fingerprint density at radius 1 is 0.680 bits per heavy atom. The van der Waals surface area contributed by atoms with Crippen LogP contribution in [0.25, 0.3) is 10.9 Å². The van der Waals surface area contributed by atoms with E-state index in [9.17, 15) is 13.2 Å². The van der Waals surface area contributed by atoms with E-state index in [1.54, 1.807) is 21.3 Å². The number of alkyl halides is 3. The van der Waals surface area contributed by atoms with E-state index in [-0.39, 0.29) is 5.66 Å². The molecule has 5 aromatic carbocycles. The van der Waals surface area contributed by atoms with E-state index in [2.05, 4.69) is 145 Å². The topological polar surface area (TPSA) is 89.8 Å². The minimum atomic E-state index is -6.09. The monoisotopic (exact) mass is 721 g/mol. The normalized spacial score (nSPS) is 12.5. The number of para-hydroxylation sites is 1. The fourth-order valence-electron chi connectivity index (χ4n) is 6.35. The van der Waals surface area contributed by atoms with Gasteiger partial charge in [0.2, 0.25) is 5.75 Å². The van der Waals surface area contributed by atoms with Crippen LogP contribution in [0.5, 0.6) is 17.2 Å². The third kappa shape index (κ3) is 6.94. The molecule has 0 N–H and O–H groups in total. The Morgan fingerprint density at radius 3 is 1.46 bits per heavy atom. The van der Waals surface area contributed by atoms with Crippen LogP contribution in [0.2, 0.25) is 0 Å². The maximum Gasteiger partial charge on any atom is 0.485 e.